The molecule has 3 saturated heterocycles. The fraction of sp³-hybridized carbons (Fsp3) is 0.474. The third kappa shape index (κ3) is 7.39. The number of hydrogen-bond acceptors (Lipinski definition) is 7. The fourth-order valence-electron chi connectivity index (χ4n) is 7.55. The topological polar surface area (TPSA) is 125 Å². The number of nitrogens with zero attached hydrogens (tertiary/aromatic N) is 2. The summed E-state index contributed by atoms with van der Waals surface area (Å²) in [7, 11) is 0. The lowest BCUT2D eigenvalue weighted by atomic mass is 9.70. The Bertz CT molecular complexity index is 1450. The Labute approximate surface area is 282 Å². The smallest absolute Gasteiger partial charge is 0.306 e. The summed E-state index contributed by atoms with van der Waals surface area (Å²) in [5.41, 5.74) is 0.568. The number of aliphatic hydroxyl groups is 1. The molecule has 3 amide bonds. The molecule has 2 bridgehead atoms. The Morgan fingerprint density at radius 3 is 2.48 bits per heavy atom. The molecule has 10 heteroatoms. The van der Waals surface area contributed by atoms with Crippen LogP contribution in [0.25, 0.3) is 0 Å². The average Bonchev–Trinajstić information content (AvgIpc) is 3.75. The molecule has 1 spiro atoms. The zero-order valence-corrected chi connectivity index (χ0v) is 27.5. The standard InChI is InChI=1S/C38H47N3O7/c1-3-5-19-31(43)47-26-29(28-17-11-7-12-18-28)39-35(44)32-30-20-21-38(48-30)33(32)36(45)41(23-13-8-14-24-42)34(38)37(46)40(22-4-2)25-27-15-9-6-10-16-27/h3-4,6-7,9-12,15-18,29-30,32-34,42H,1-2,5,8,13-14,19-26H2,(H,39,44)/t29-,30-,32+,33+,34-,38+/m1/s1. The summed E-state index contributed by atoms with van der Waals surface area (Å²) in [5, 5.41) is 12.4. The minimum absolute atomic E-state index is 0.0479. The second-order valence-corrected chi connectivity index (χ2v) is 12.8. The molecule has 0 radical (unpaired) electrons. The van der Waals surface area contributed by atoms with Crippen molar-refractivity contribution < 1.29 is 33.8 Å². The molecule has 2 aromatic rings. The maximum Gasteiger partial charge on any atom is 0.306 e. The summed E-state index contributed by atoms with van der Waals surface area (Å²) < 4.78 is 12.2. The van der Waals surface area contributed by atoms with E-state index in [1.54, 1.807) is 22.0 Å². The molecule has 0 saturated carbocycles. The van der Waals surface area contributed by atoms with Gasteiger partial charge in [0.1, 0.15) is 18.2 Å². The molecule has 10 nitrogen and oxygen atoms in total. The molecule has 0 aromatic heterocycles. The number of benzene rings is 2. The SMILES string of the molecule is C=CCCC(=O)OC[C@@H](NC(=O)[C@@H]1[C@H]2C(=O)N(CCCCCO)[C@H](C(=O)N(CC=C)Cc3ccccc3)[C@]23CC[C@H]1O3)c1ccccc1. The Hall–Kier alpha value is -4.28. The van der Waals surface area contributed by atoms with Gasteiger partial charge in [-0.25, -0.2) is 0 Å². The van der Waals surface area contributed by atoms with Crippen LogP contribution in [0.4, 0.5) is 0 Å². The molecule has 3 heterocycles. The van der Waals surface area contributed by atoms with Crippen LogP contribution in [0.3, 0.4) is 0 Å². The van der Waals surface area contributed by atoms with Gasteiger partial charge < -0.3 is 29.7 Å². The lowest BCUT2D eigenvalue weighted by Gasteiger charge is -2.37. The van der Waals surface area contributed by atoms with E-state index >= 15 is 0 Å². The lowest BCUT2D eigenvalue weighted by Crippen LogP contribution is -2.56. The van der Waals surface area contributed by atoms with Crippen LogP contribution in [0.5, 0.6) is 0 Å². The molecule has 3 aliphatic heterocycles. The third-order valence-corrected chi connectivity index (χ3v) is 9.75. The molecule has 6 atom stereocenters. The van der Waals surface area contributed by atoms with Gasteiger partial charge in [-0.1, -0.05) is 72.8 Å². The highest BCUT2D eigenvalue weighted by Crippen LogP contribution is 2.58. The van der Waals surface area contributed by atoms with Crippen LogP contribution in [0.2, 0.25) is 0 Å². The first-order valence-electron chi connectivity index (χ1n) is 17.0. The van der Waals surface area contributed by atoms with Crippen molar-refractivity contribution in [2.75, 3.05) is 26.3 Å². The number of hydrogen-bond donors (Lipinski definition) is 2. The molecule has 3 aliphatic rings. The number of likely N-dealkylation sites (tertiary alicyclic amines) is 1. The lowest BCUT2D eigenvalue weighted by molar-refractivity contribution is -0.148. The van der Waals surface area contributed by atoms with Gasteiger partial charge in [-0.15, -0.1) is 13.2 Å². The summed E-state index contributed by atoms with van der Waals surface area (Å²) >= 11 is 0. The summed E-state index contributed by atoms with van der Waals surface area (Å²) in [4.78, 5) is 58.9. The molecule has 3 fully saturated rings. The molecule has 0 unspecified atom stereocenters. The van der Waals surface area contributed by atoms with Gasteiger partial charge in [-0.05, 0) is 49.7 Å². The number of carbonyl (C=O) groups excluding carboxylic acids is 4. The average molecular weight is 658 g/mol. The molecule has 2 aromatic carbocycles. The maximum absolute atomic E-state index is 14.6. The van der Waals surface area contributed by atoms with Crippen molar-refractivity contribution in [3.63, 3.8) is 0 Å². The number of unbranched alkanes of at least 4 members (excludes halogenated alkanes) is 2. The van der Waals surface area contributed by atoms with E-state index in [0.717, 1.165) is 11.1 Å². The Morgan fingerprint density at radius 2 is 1.79 bits per heavy atom. The second-order valence-electron chi connectivity index (χ2n) is 12.8. The number of amides is 3. The van der Waals surface area contributed by atoms with E-state index in [0.29, 0.717) is 51.6 Å². The minimum atomic E-state index is -1.15. The number of fused-ring (bicyclic) bond motifs is 1. The minimum Gasteiger partial charge on any atom is -0.463 e. The van der Waals surface area contributed by atoms with E-state index in [9.17, 15) is 24.3 Å². The first-order chi connectivity index (χ1) is 23.3. The van der Waals surface area contributed by atoms with Crippen LogP contribution in [0.1, 0.15) is 62.1 Å². The molecule has 256 valence electrons. The predicted molar refractivity (Wildman–Crippen MR) is 180 cm³/mol. The highest BCUT2D eigenvalue weighted by molar-refractivity contribution is 5.99. The normalized spacial score (nSPS) is 24.5. The Kier molecular flexibility index (Phi) is 11.8. The van der Waals surface area contributed by atoms with Gasteiger partial charge in [-0.2, -0.15) is 0 Å². The van der Waals surface area contributed by atoms with Gasteiger partial charge in [0.05, 0.1) is 24.0 Å². The van der Waals surface area contributed by atoms with Crippen LogP contribution in [-0.4, -0.2) is 82.6 Å². The van der Waals surface area contributed by atoms with Crippen LogP contribution in [0.15, 0.2) is 86.0 Å². The van der Waals surface area contributed by atoms with Gasteiger partial charge in [0.2, 0.25) is 17.7 Å². The van der Waals surface area contributed by atoms with Crippen molar-refractivity contribution in [3.8, 4) is 0 Å². The van der Waals surface area contributed by atoms with Gasteiger partial charge in [0.15, 0.2) is 0 Å². The van der Waals surface area contributed by atoms with Gasteiger partial charge in [0.25, 0.3) is 0 Å². The monoisotopic (exact) mass is 657 g/mol. The largest absolute Gasteiger partial charge is 0.463 e. The van der Waals surface area contributed by atoms with Crippen molar-refractivity contribution in [2.45, 2.75) is 75.3 Å². The predicted octanol–water partition coefficient (Wildman–Crippen LogP) is 4.11. The van der Waals surface area contributed by atoms with Crippen molar-refractivity contribution in [3.05, 3.63) is 97.1 Å². The van der Waals surface area contributed by atoms with E-state index in [1.807, 2.05) is 60.7 Å². The number of nitrogens with one attached hydrogen (secondary N) is 1. The van der Waals surface area contributed by atoms with Crippen LogP contribution < -0.4 is 5.32 Å². The van der Waals surface area contributed by atoms with E-state index in [2.05, 4.69) is 18.5 Å². The number of aliphatic hydroxyl groups excluding tert-OH is 1. The maximum atomic E-state index is 14.6. The van der Waals surface area contributed by atoms with Gasteiger partial charge in [0, 0.05) is 32.7 Å². The van der Waals surface area contributed by atoms with Crippen LogP contribution >= 0.6 is 0 Å². The van der Waals surface area contributed by atoms with E-state index < -0.39 is 41.6 Å². The number of esters is 1. The number of rotatable bonds is 18. The van der Waals surface area contributed by atoms with Gasteiger partial charge >= 0.3 is 5.97 Å². The van der Waals surface area contributed by atoms with Crippen LogP contribution in [0, 0.1) is 11.8 Å². The van der Waals surface area contributed by atoms with E-state index in [-0.39, 0.29) is 43.9 Å². The highest BCUT2D eigenvalue weighted by atomic mass is 16.5. The quantitative estimate of drug-likeness (QED) is 0.141. The van der Waals surface area contributed by atoms with Crippen molar-refractivity contribution in [1.82, 2.24) is 15.1 Å². The van der Waals surface area contributed by atoms with Crippen molar-refractivity contribution >= 4 is 23.7 Å². The zero-order chi connectivity index (χ0) is 34.1. The molecular weight excluding hydrogens is 610 g/mol. The van der Waals surface area contributed by atoms with Crippen molar-refractivity contribution in [2.24, 2.45) is 11.8 Å². The summed E-state index contributed by atoms with van der Waals surface area (Å²) in [6, 6.07) is 17.4. The van der Waals surface area contributed by atoms with E-state index in [4.69, 9.17) is 9.47 Å². The van der Waals surface area contributed by atoms with Gasteiger partial charge in [-0.3, -0.25) is 19.2 Å². The Balaban J connectivity index is 1.42. The molecule has 5 rings (SSSR count). The first-order valence-corrected chi connectivity index (χ1v) is 17.0. The summed E-state index contributed by atoms with van der Waals surface area (Å²) in [5.74, 6) is -2.89. The number of ether oxygens (including phenoxy) is 2. The number of allylic oxidation sites excluding steroid dienone is 1. The first kappa shape index (κ1) is 35.0. The fourth-order valence-corrected chi connectivity index (χ4v) is 7.55. The number of carbonyl (C=O) groups is 4. The highest BCUT2D eigenvalue weighted by Gasteiger charge is 2.74. The molecule has 48 heavy (non-hydrogen) atoms. The van der Waals surface area contributed by atoms with Crippen LogP contribution in [-0.2, 0) is 35.2 Å². The summed E-state index contributed by atoms with van der Waals surface area (Å²) in [6.07, 6.45) is 6.38. The van der Waals surface area contributed by atoms with Crippen molar-refractivity contribution in [1.29, 1.82) is 0 Å². The Morgan fingerprint density at radius 1 is 1.06 bits per heavy atom. The zero-order valence-electron chi connectivity index (χ0n) is 27.5. The van der Waals surface area contributed by atoms with E-state index in [1.165, 1.54) is 0 Å². The molecular formula is C38H47N3O7. The third-order valence-electron chi connectivity index (χ3n) is 9.75. The molecule has 2 N–H and O–H groups in total. The molecule has 0 aliphatic carbocycles. The summed E-state index contributed by atoms with van der Waals surface area (Å²) in [6.45, 7) is 8.45. The second kappa shape index (κ2) is 16.2.